The van der Waals surface area contributed by atoms with Crippen LogP contribution in [0.5, 0.6) is 0 Å². The van der Waals surface area contributed by atoms with Gasteiger partial charge in [-0.05, 0) is 6.42 Å². The van der Waals surface area contributed by atoms with Gasteiger partial charge in [0, 0.05) is 13.1 Å². The van der Waals surface area contributed by atoms with E-state index >= 15 is 0 Å². The van der Waals surface area contributed by atoms with E-state index in [1.165, 1.54) is 43.4 Å². The third-order valence-corrected chi connectivity index (χ3v) is 4.87. The van der Waals surface area contributed by atoms with E-state index in [1.54, 1.807) is 0 Å². The van der Waals surface area contributed by atoms with Crippen molar-refractivity contribution in [2.24, 2.45) is 0 Å². The summed E-state index contributed by atoms with van der Waals surface area (Å²) in [6, 6.07) is -0.759. The maximum atomic E-state index is 12.0. The smallest absolute Gasteiger partial charge is 0.308 e. The second kappa shape index (κ2) is 13.1. The maximum absolute atomic E-state index is 12.0. The molecule has 0 saturated carbocycles. The van der Waals surface area contributed by atoms with E-state index in [2.05, 4.69) is 28.2 Å². The molecule has 7 heteroatoms. The Morgan fingerprint density at radius 1 is 1.16 bits per heavy atom. The molecular formula is C18H31BrN2O4. The first-order chi connectivity index (χ1) is 12.1. The topological polar surface area (TPSA) is 75.7 Å². The average Bonchev–Trinajstić information content (AvgIpc) is 2.61. The summed E-state index contributed by atoms with van der Waals surface area (Å²) in [5.74, 6) is -0.891. The summed E-state index contributed by atoms with van der Waals surface area (Å²) < 4.78 is 5.23. The molecule has 1 rings (SSSR count). The molecule has 1 N–H and O–H groups in total. The van der Waals surface area contributed by atoms with Crippen molar-refractivity contribution in [3.05, 3.63) is 0 Å². The quantitative estimate of drug-likeness (QED) is 0.300. The number of piperazine rings is 1. The lowest BCUT2D eigenvalue weighted by molar-refractivity contribution is -0.151. The molecule has 1 saturated heterocycles. The van der Waals surface area contributed by atoms with Crippen molar-refractivity contribution in [1.82, 2.24) is 10.2 Å². The van der Waals surface area contributed by atoms with Gasteiger partial charge in [0.05, 0.1) is 18.4 Å². The van der Waals surface area contributed by atoms with Crippen LogP contribution >= 0.6 is 15.9 Å². The largest absolute Gasteiger partial charge is 0.466 e. The van der Waals surface area contributed by atoms with Crippen LogP contribution in [0.2, 0.25) is 0 Å². The van der Waals surface area contributed by atoms with Crippen molar-refractivity contribution in [3.8, 4) is 0 Å². The Balaban J connectivity index is 2.19. The fraction of sp³-hybridized carbons (Fsp3) is 0.833. The molecule has 0 bridgehead atoms. The molecule has 0 aromatic heterocycles. The fourth-order valence-corrected chi connectivity index (χ4v) is 3.25. The minimum Gasteiger partial charge on any atom is -0.466 e. The number of nitrogens with one attached hydrogen (secondary N) is 1. The molecule has 25 heavy (non-hydrogen) atoms. The zero-order chi connectivity index (χ0) is 18.5. The molecule has 6 nitrogen and oxygen atoms in total. The van der Waals surface area contributed by atoms with Gasteiger partial charge in [-0.15, -0.1) is 0 Å². The summed E-state index contributed by atoms with van der Waals surface area (Å²) >= 11 is 3.11. The number of unbranched alkanes of at least 4 members (excludes halogenated alkanes) is 7. The molecule has 1 aliphatic rings. The number of rotatable bonds is 12. The van der Waals surface area contributed by atoms with Crippen molar-refractivity contribution in [2.45, 2.75) is 70.8 Å². The second-order valence-corrected chi connectivity index (χ2v) is 6.99. The summed E-state index contributed by atoms with van der Waals surface area (Å²) in [7, 11) is 0. The molecule has 1 aliphatic heterocycles. The normalized spacial score (nSPS) is 17.3. The highest BCUT2D eigenvalue weighted by atomic mass is 79.9. The first-order valence-electron chi connectivity index (χ1n) is 9.39. The van der Waals surface area contributed by atoms with Gasteiger partial charge >= 0.3 is 5.97 Å². The van der Waals surface area contributed by atoms with E-state index in [4.69, 9.17) is 4.74 Å². The minimum atomic E-state index is -0.759. The summed E-state index contributed by atoms with van der Waals surface area (Å²) in [6.07, 6.45) is 9.37. The van der Waals surface area contributed by atoms with E-state index in [-0.39, 0.29) is 23.6 Å². The van der Waals surface area contributed by atoms with Crippen molar-refractivity contribution in [1.29, 1.82) is 0 Å². The monoisotopic (exact) mass is 418 g/mol. The van der Waals surface area contributed by atoms with Gasteiger partial charge in [0.2, 0.25) is 11.8 Å². The molecular weight excluding hydrogens is 388 g/mol. The van der Waals surface area contributed by atoms with E-state index < -0.39 is 12.0 Å². The summed E-state index contributed by atoms with van der Waals surface area (Å²) in [4.78, 5) is 37.3. The number of nitrogens with zero attached hydrogens (tertiary/aromatic N) is 1. The third kappa shape index (κ3) is 8.70. The Kier molecular flexibility index (Phi) is 11.5. The Labute approximate surface area is 159 Å². The van der Waals surface area contributed by atoms with Gasteiger partial charge in [-0.3, -0.25) is 14.4 Å². The zero-order valence-corrected chi connectivity index (χ0v) is 16.8. The molecule has 0 aliphatic carbocycles. The molecule has 0 spiro atoms. The van der Waals surface area contributed by atoms with Crippen LogP contribution in [0.3, 0.4) is 0 Å². The lowest BCUT2D eigenvalue weighted by Gasteiger charge is -2.34. The number of ether oxygens (including phenoxy) is 1. The van der Waals surface area contributed by atoms with E-state index in [0.717, 1.165) is 12.8 Å². The highest BCUT2D eigenvalue weighted by Crippen LogP contribution is 2.12. The van der Waals surface area contributed by atoms with Crippen molar-refractivity contribution in [3.63, 3.8) is 0 Å². The van der Waals surface area contributed by atoms with Gasteiger partial charge < -0.3 is 15.0 Å². The van der Waals surface area contributed by atoms with Crippen LogP contribution in [0, 0.1) is 0 Å². The number of hydrogen-bond donors (Lipinski definition) is 1. The third-order valence-electron chi connectivity index (χ3n) is 4.39. The van der Waals surface area contributed by atoms with Crippen LogP contribution in [0.1, 0.15) is 64.7 Å². The van der Waals surface area contributed by atoms with Gasteiger partial charge in [0.25, 0.3) is 0 Å². The number of carbonyl (C=O) groups is 3. The predicted molar refractivity (Wildman–Crippen MR) is 100 cm³/mol. The highest BCUT2D eigenvalue weighted by molar-refractivity contribution is 9.09. The van der Waals surface area contributed by atoms with Crippen molar-refractivity contribution < 1.29 is 19.1 Å². The van der Waals surface area contributed by atoms with Crippen molar-refractivity contribution in [2.75, 3.05) is 25.0 Å². The Bertz CT molecular complexity index is 431. The van der Waals surface area contributed by atoms with Crippen LogP contribution in [0.15, 0.2) is 0 Å². The summed E-state index contributed by atoms with van der Waals surface area (Å²) in [6.45, 7) is 3.43. The van der Waals surface area contributed by atoms with E-state index in [9.17, 15) is 14.4 Å². The first-order valence-corrected chi connectivity index (χ1v) is 10.5. The molecule has 144 valence electrons. The molecule has 0 radical (unpaired) electrons. The Morgan fingerprint density at radius 3 is 2.44 bits per heavy atom. The molecule has 2 amide bonds. The Hall–Kier alpha value is -1.11. The summed E-state index contributed by atoms with van der Waals surface area (Å²) in [5, 5.41) is 2.84. The molecule has 0 aromatic rings. The summed E-state index contributed by atoms with van der Waals surface area (Å²) in [5.41, 5.74) is 0. The number of hydrogen-bond acceptors (Lipinski definition) is 4. The second-order valence-electron chi connectivity index (χ2n) is 6.43. The first kappa shape index (κ1) is 21.9. The lowest BCUT2D eigenvalue weighted by atomic mass is 10.1. The van der Waals surface area contributed by atoms with Crippen LogP contribution in [-0.2, 0) is 19.1 Å². The van der Waals surface area contributed by atoms with Gasteiger partial charge in [-0.1, -0.05) is 67.8 Å². The van der Waals surface area contributed by atoms with Crippen LogP contribution in [0.25, 0.3) is 0 Å². The Morgan fingerprint density at radius 2 is 1.80 bits per heavy atom. The molecule has 0 aromatic carbocycles. The molecule has 1 atom stereocenters. The van der Waals surface area contributed by atoms with Crippen LogP contribution in [-0.4, -0.2) is 53.8 Å². The minimum absolute atomic E-state index is 0.0818. The SMILES string of the molecule is CCCCCCCCCCOC(=O)C[C@H]1C(=O)NCCN1C(=O)CBr. The van der Waals surface area contributed by atoms with Gasteiger partial charge in [-0.25, -0.2) is 0 Å². The highest BCUT2D eigenvalue weighted by Gasteiger charge is 2.34. The number of alkyl halides is 1. The van der Waals surface area contributed by atoms with Crippen LogP contribution < -0.4 is 5.32 Å². The maximum Gasteiger partial charge on any atom is 0.308 e. The number of esters is 1. The van der Waals surface area contributed by atoms with Crippen molar-refractivity contribution >= 4 is 33.7 Å². The fourth-order valence-electron chi connectivity index (χ4n) is 2.93. The standard InChI is InChI=1S/C18H31BrN2O4/c1-2-3-4-5-6-7-8-9-12-25-17(23)13-15-18(24)20-10-11-21(15)16(22)14-19/h15H,2-14H2,1H3,(H,20,24)/t15-/m0/s1. The van der Waals surface area contributed by atoms with E-state index in [0.29, 0.717) is 19.7 Å². The number of amides is 2. The molecule has 1 heterocycles. The molecule has 0 unspecified atom stereocenters. The molecule has 1 fully saturated rings. The van der Waals surface area contributed by atoms with Gasteiger partial charge in [-0.2, -0.15) is 0 Å². The van der Waals surface area contributed by atoms with Gasteiger partial charge in [0.15, 0.2) is 0 Å². The van der Waals surface area contributed by atoms with Gasteiger partial charge in [0.1, 0.15) is 6.04 Å². The number of carbonyl (C=O) groups excluding carboxylic acids is 3. The van der Waals surface area contributed by atoms with Crippen LogP contribution in [0.4, 0.5) is 0 Å². The van der Waals surface area contributed by atoms with E-state index in [1.807, 2.05) is 0 Å². The lowest BCUT2D eigenvalue weighted by Crippen LogP contribution is -2.58. The number of halogens is 1. The zero-order valence-electron chi connectivity index (χ0n) is 15.2. The predicted octanol–water partition coefficient (Wildman–Crippen LogP) is 2.78. The average molecular weight is 419 g/mol.